The van der Waals surface area contributed by atoms with E-state index in [1.165, 1.54) is 24.1 Å². The monoisotopic (exact) mass is 367 g/mol. The van der Waals surface area contributed by atoms with E-state index >= 15 is 0 Å². The molecule has 1 unspecified atom stereocenters. The number of alkyl halides is 3. The number of rotatable bonds is 4. The summed E-state index contributed by atoms with van der Waals surface area (Å²) in [5.41, 5.74) is -5.24. The molecule has 12 heteroatoms. The molecule has 0 aromatic carbocycles. The van der Waals surface area contributed by atoms with E-state index in [0.717, 1.165) is 0 Å². The van der Waals surface area contributed by atoms with Crippen molar-refractivity contribution in [2.75, 3.05) is 20.3 Å². The number of aromatic nitrogens is 3. The summed E-state index contributed by atoms with van der Waals surface area (Å²) < 4.78 is 76.2. The van der Waals surface area contributed by atoms with E-state index in [-0.39, 0.29) is 17.3 Å². The molecule has 8 nitrogen and oxygen atoms in total. The first-order valence-corrected chi connectivity index (χ1v) is 8.15. The van der Waals surface area contributed by atoms with Gasteiger partial charge in [0.1, 0.15) is 5.39 Å². The van der Waals surface area contributed by atoms with Gasteiger partial charge in [0.2, 0.25) is 5.88 Å². The van der Waals surface area contributed by atoms with Gasteiger partial charge in [0.05, 0.1) is 25.3 Å². The molecule has 3 heterocycles. The first kappa shape index (κ1) is 16.8. The van der Waals surface area contributed by atoms with Crippen LogP contribution < -0.4 is 8.92 Å². The minimum absolute atomic E-state index is 0.0558. The Kier molecular flexibility index (Phi) is 4.03. The molecule has 1 aliphatic heterocycles. The van der Waals surface area contributed by atoms with Gasteiger partial charge in [0.15, 0.2) is 0 Å². The van der Waals surface area contributed by atoms with Crippen molar-refractivity contribution >= 4 is 21.0 Å². The average Bonchev–Trinajstić information content (AvgIpc) is 3.13. The van der Waals surface area contributed by atoms with Crippen molar-refractivity contribution in [1.82, 2.24) is 14.8 Å². The van der Waals surface area contributed by atoms with Gasteiger partial charge >= 0.3 is 15.6 Å². The number of hydrogen-bond acceptors (Lipinski definition) is 7. The third-order valence-electron chi connectivity index (χ3n) is 3.47. The smallest absolute Gasteiger partial charge is 0.480 e. The molecule has 0 saturated carbocycles. The van der Waals surface area contributed by atoms with Gasteiger partial charge in [-0.1, -0.05) is 0 Å². The van der Waals surface area contributed by atoms with Crippen LogP contribution in [-0.4, -0.2) is 49.0 Å². The van der Waals surface area contributed by atoms with Crippen LogP contribution in [0.4, 0.5) is 13.2 Å². The van der Waals surface area contributed by atoms with Crippen LogP contribution >= 0.6 is 0 Å². The van der Waals surface area contributed by atoms with Gasteiger partial charge in [0.25, 0.3) is 5.88 Å². The second-order valence-corrected chi connectivity index (χ2v) is 6.50. The summed E-state index contributed by atoms with van der Waals surface area (Å²) in [5.74, 6) is -0.829. The Labute approximate surface area is 134 Å². The predicted octanol–water partition coefficient (Wildman–Crippen LogP) is 1.63. The average molecular weight is 367 g/mol. The largest absolute Gasteiger partial charge is 0.534 e. The fourth-order valence-corrected chi connectivity index (χ4v) is 2.80. The Morgan fingerprint density at radius 2 is 2.12 bits per heavy atom. The topological polar surface area (TPSA) is 92.5 Å². The molecule has 0 radical (unpaired) electrons. The Morgan fingerprint density at radius 3 is 2.71 bits per heavy atom. The maximum atomic E-state index is 12.6. The van der Waals surface area contributed by atoms with Crippen molar-refractivity contribution in [2.45, 2.75) is 18.0 Å². The second-order valence-electron chi connectivity index (χ2n) is 4.96. The lowest BCUT2D eigenvalue weighted by molar-refractivity contribution is -0.0501. The van der Waals surface area contributed by atoms with E-state index in [0.29, 0.717) is 25.2 Å². The fourth-order valence-electron chi connectivity index (χ4n) is 2.38. The second kappa shape index (κ2) is 5.77. The van der Waals surface area contributed by atoms with Gasteiger partial charge in [-0.15, -0.1) is 5.10 Å². The highest BCUT2D eigenvalue weighted by atomic mass is 32.2. The molecule has 1 atom stereocenters. The zero-order valence-corrected chi connectivity index (χ0v) is 13.1. The lowest BCUT2D eigenvalue weighted by Gasteiger charge is -2.09. The molecule has 2 aromatic heterocycles. The number of fused-ring (bicyclic) bond motifs is 1. The zero-order chi connectivity index (χ0) is 17.5. The normalized spacial score (nSPS) is 18.9. The fraction of sp³-hybridized carbons (Fsp3) is 0.500. The molecule has 0 amide bonds. The number of ether oxygens (including phenoxy) is 2. The summed E-state index contributed by atoms with van der Waals surface area (Å²) in [5, 5.41) is 3.84. The summed E-state index contributed by atoms with van der Waals surface area (Å²) in [4.78, 5) is 3.86. The molecule has 1 fully saturated rings. The van der Waals surface area contributed by atoms with Crippen molar-refractivity contribution in [3.8, 4) is 11.8 Å². The molecule has 2 aromatic rings. The number of hydrogen-bond donors (Lipinski definition) is 0. The minimum Gasteiger partial charge on any atom is -0.480 e. The first-order chi connectivity index (χ1) is 11.2. The number of nitrogens with zero attached hydrogens (tertiary/aromatic N) is 3. The van der Waals surface area contributed by atoms with Crippen LogP contribution in [-0.2, 0) is 14.9 Å². The number of pyridine rings is 1. The summed E-state index contributed by atoms with van der Waals surface area (Å²) in [6.45, 7) is 0.762. The highest BCUT2D eigenvalue weighted by molar-refractivity contribution is 7.88. The van der Waals surface area contributed by atoms with E-state index in [1.807, 2.05) is 0 Å². The maximum Gasteiger partial charge on any atom is 0.534 e. The van der Waals surface area contributed by atoms with Crippen LogP contribution in [0, 0.1) is 0 Å². The van der Waals surface area contributed by atoms with Crippen LogP contribution in [0.1, 0.15) is 12.5 Å². The Hall–Kier alpha value is -2.08. The molecular formula is C12H12F3N3O5S. The summed E-state index contributed by atoms with van der Waals surface area (Å²) in [7, 11) is -4.62. The summed E-state index contributed by atoms with van der Waals surface area (Å²) in [6.07, 6.45) is 1.95. The van der Waals surface area contributed by atoms with Crippen LogP contribution in [0.25, 0.3) is 10.9 Å². The van der Waals surface area contributed by atoms with E-state index in [2.05, 4.69) is 14.3 Å². The van der Waals surface area contributed by atoms with E-state index in [9.17, 15) is 21.6 Å². The molecule has 0 bridgehead atoms. The van der Waals surface area contributed by atoms with E-state index in [1.54, 1.807) is 0 Å². The quantitative estimate of drug-likeness (QED) is 0.599. The third kappa shape index (κ3) is 2.75. The lowest BCUT2D eigenvalue weighted by atomic mass is 10.2. The van der Waals surface area contributed by atoms with Crippen molar-refractivity contribution in [3.63, 3.8) is 0 Å². The van der Waals surface area contributed by atoms with E-state index in [4.69, 9.17) is 9.47 Å². The molecule has 3 rings (SSSR count). The van der Waals surface area contributed by atoms with Gasteiger partial charge < -0.3 is 13.7 Å². The van der Waals surface area contributed by atoms with Crippen LogP contribution in [0.2, 0.25) is 0 Å². The SMILES string of the molecule is COc1nccc2c1c(OS(=O)(=O)C(F)(F)F)nn2C1CCOC1. The molecule has 132 valence electrons. The molecule has 1 aliphatic rings. The Balaban J connectivity index is 2.16. The molecule has 0 aliphatic carbocycles. The molecule has 1 saturated heterocycles. The van der Waals surface area contributed by atoms with E-state index < -0.39 is 21.5 Å². The van der Waals surface area contributed by atoms with Gasteiger partial charge in [-0.25, -0.2) is 4.98 Å². The minimum atomic E-state index is -5.87. The highest BCUT2D eigenvalue weighted by Gasteiger charge is 2.49. The number of methoxy groups -OCH3 is 1. The predicted molar refractivity (Wildman–Crippen MR) is 74.2 cm³/mol. The van der Waals surface area contributed by atoms with Gasteiger partial charge in [-0.3, -0.25) is 4.68 Å². The third-order valence-corrected chi connectivity index (χ3v) is 4.41. The Bertz CT molecular complexity index is 859. The first-order valence-electron chi connectivity index (χ1n) is 6.74. The van der Waals surface area contributed by atoms with Crippen LogP contribution in [0.15, 0.2) is 12.3 Å². The van der Waals surface area contributed by atoms with Crippen molar-refractivity contribution in [3.05, 3.63) is 12.3 Å². The standard InChI is InChI=1S/C12H12F3N3O5S/c1-21-10-9-8(2-4-16-10)18(7-3-5-22-6-7)17-11(9)23-24(19,20)12(13,14)15/h2,4,7H,3,5-6H2,1H3. The van der Waals surface area contributed by atoms with Crippen LogP contribution in [0.3, 0.4) is 0 Å². The summed E-state index contributed by atoms with van der Waals surface area (Å²) in [6, 6.07) is 1.22. The molecular weight excluding hydrogens is 355 g/mol. The van der Waals surface area contributed by atoms with Crippen LogP contribution in [0.5, 0.6) is 11.8 Å². The highest BCUT2D eigenvalue weighted by Crippen LogP contribution is 2.37. The van der Waals surface area contributed by atoms with Gasteiger partial charge in [0, 0.05) is 12.8 Å². The number of halogens is 3. The van der Waals surface area contributed by atoms with Crippen molar-refractivity contribution in [2.24, 2.45) is 0 Å². The summed E-state index contributed by atoms with van der Waals surface area (Å²) >= 11 is 0. The molecule has 0 N–H and O–H groups in total. The van der Waals surface area contributed by atoms with Gasteiger partial charge in [-0.2, -0.15) is 21.6 Å². The lowest BCUT2D eigenvalue weighted by Crippen LogP contribution is -2.28. The zero-order valence-electron chi connectivity index (χ0n) is 12.3. The Morgan fingerprint density at radius 1 is 1.38 bits per heavy atom. The van der Waals surface area contributed by atoms with Crippen molar-refractivity contribution < 1.29 is 35.2 Å². The molecule has 0 spiro atoms. The van der Waals surface area contributed by atoms with Crippen molar-refractivity contribution in [1.29, 1.82) is 0 Å². The molecule has 24 heavy (non-hydrogen) atoms. The van der Waals surface area contributed by atoms with Gasteiger partial charge in [-0.05, 0) is 12.5 Å². The maximum absolute atomic E-state index is 12.6.